The maximum absolute atomic E-state index is 11.6. The van der Waals surface area contributed by atoms with Gasteiger partial charge in [-0.3, -0.25) is 4.79 Å². The van der Waals surface area contributed by atoms with Crippen LogP contribution in [-0.2, 0) is 13.6 Å². The number of H-pyrrole nitrogens is 1. The minimum absolute atomic E-state index is 0.172. The average molecular weight is 284 g/mol. The largest absolute Gasteiger partial charge is 0.356 e. The number of aryl methyl sites for hydroxylation is 1. The number of nitrogens with one attached hydrogen (secondary N) is 2. The highest BCUT2D eigenvalue weighted by atomic mass is 79.9. The van der Waals surface area contributed by atoms with Crippen molar-refractivity contribution in [2.45, 2.75) is 6.54 Å². The first-order valence-electron chi connectivity index (χ1n) is 4.62. The monoisotopic (exact) mass is 283 g/mol. The van der Waals surface area contributed by atoms with Crippen LogP contribution in [0.3, 0.4) is 0 Å². The molecule has 0 aliphatic heterocycles. The Morgan fingerprint density at radius 3 is 3.06 bits per heavy atom. The molecule has 0 spiro atoms. The molecule has 0 saturated carbocycles. The molecule has 2 aromatic heterocycles. The first-order valence-corrected chi connectivity index (χ1v) is 5.41. The number of carbonyl (C=O) groups excluding carboxylic acids is 1. The van der Waals surface area contributed by atoms with Crippen molar-refractivity contribution in [3.63, 3.8) is 0 Å². The van der Waals surface area contributed by atoms with Crippen LogP contribution in [0.1, 0.15) is 16.3 Å². The Balaban J connectivity index is 1.96. The summed E-state index contributed by atoms with van der Waals surface area (Å²) in [6.07, 6.45) is 3.30. The highest BCUT2D eigenvalue weighted by Crippen LogP contribution is 2.10. The summed E-state index contributed by atoms with van der Waals surface area (Å²) in [6, 6.07) is 1.71. The minimum Gasteiger partial charge on any atom is -0.356 e. The summed E-state index contributed by atoms with van der Waals surface area (Å²) in [5.41, 5.74) is 0.508. The number of hydrogen-bond donors (Lipinski definition) is 2. The third-order valence-corrected chi connectivity index (χ3v) is 2.56. The molecule has 16 heavy (non-hydrogen) atoms. The van der Waals surface area contributed by atoms with E-state index in [0.717, 1.165) is 4.47 Å². The van der Waals surface area contributed by atoms with Crippen molar-refractivity contribution in [3.05, 3.63) is 34.6 Å². The van der Waals surface area contributed by atoms with Gasteiger partial charge >= 0.3 is 0 Å². The van der Waals surface area contributed by atoms with Crippen LogP contribution in [0.5, 0.6) is 0 Å². The zero-order chi connectivity index (χ0) is 11.5. The Morgan fingerprint density at radius 1 is 1.69 bits per heavy atom. The van der Waals surface area contributed by atoms with Crippen LogP contribution in [0.25, 0.3) is 0 Å². The Kier molecular flexibility index (Phi) is 3.04. The summed E-state index contributed by atoms with van der Waals surface area (Å²) in [4.78, 5) is 14.5. The van der Waals surface area contributed by atoms with Gasteiger partial charge in [0, 0.05) is 17.7 Å². The Morgan fingerprint density at radius 2 is 2.50 bits per heavy atom. The normalized spacial score (nSPS) is 10.4. The summed E-state index contributed by atoms with van der Waals surface area (Å²) in [6.45, 7) is 0.353. The number of aromatic amines is 1. The van der Waals surface area contributed by atoms with Gasteiger partial charge in [-0.15, -0.1) is 10.2 Å². The lowest BCUT2D eigenvalue weighted by Gasteiger charge is -2.02. The summed E-state index contributed by atoms with van der Waals surface area (Å²) < 4.78 is 2.60. The third kappa shape index (κ3) is 2.30. The van der Waals surface area contributed by atoms with Gasteiger partial charge in [-0.25, -0.2) is 0 Å². The summed E-state index contributed by atoms with van der Waals surface area (Å²) >= 11 is 3.26. The second kappa shape index (κ2) is 4.48. The van der Waals surface area contributed by atoms with Crippen LogP contribution in [-0.4, -0.2) is 25.7 Å². The van der Waals surface area contributed by atoms with E-state index >= 15 is 0 Å². The Labute approximate surface area is 100 Å². The molecule has 6 nitrogen and oxygen atoms in total. The number of amides is 1. The molecule has 0 saturated heterocycles. The maximum atomic E-state index is 11.6. The number of hydrogen-bond acceptors (Lipinski definition) is 3. The molecule has 0 aliphatic rings. The first kappa shape index (κ1) is 10.9. The molecule has 2 N–H and O–H groups in total. The molecule has 2 rings (SSSR count). The Hall–Kier alpha value is -1.63. The molecule has 0 aromatic carbocycles. The predicted molar refractivity (Wildman–Crippen MR) is 60.7 cm³/mol. The molecule has 84 valence electrons. The van der Waals surface area contributed by atoms with Gasteiger partial charge in [0.15, 0.2) is 5.82 Å². The Bertz CT molecular complexity index is 503. The van der Waals surface area contributed by atoms with Crippen molar-refractivity contribution in [2.24, 2.45) is 7.05 Å². The van der Waals surface area contributed by atoms with E-state index in [9.17, 15) is 4.79 Å². The highest BCUT2D eigenvalue weighted by molar-refractivity contribution is 9.10. The van der Waals surface area contributed by atoms with Gasteiger partial charge in [0.1, 0.15) is 12.0 Å². The second-order valence-corrected chi connectivity index (χ2v) is 4.19. The van der Waals surface area contributed by atoms with Crippen LogP contribution in [0.15, 0.2) is 23.1 Å². The van der Waals surface area contributed by atoms with Crippen molar-refractivity contribution in [1.82, 2.24) is 25.1 Å². The SMILES string of the molecule is Cn1cnnc1CNC(=O)c1cc(Br)c[nH]1. The zero-order valence-corrected chi connectivity index (χ0v) is 10.2. The van der Waals surface area contributed by atoms with Crippen LogP contribution in [0.2, 0.25) is 0 Å². The fourth-order valence-corrected chi connectivity index (χ4v) is 1.56. The van der Waals surface area contributed by atoms with Gasteiger partial charge in [-0.05, 0) is 22.0 Å². The van der Waals surface area contributed by atoms with Crippen LogP contribution in [0, 0.1) is 0 Å². The van der Waals surface area contributed by atoms with Crippen LogP contribution >= 0.6 is 15.9 Å². The lowest BCUT2D eigenvalue weighted by molar-refractivity contribution is 0.0945. The zero-order valence-electron chi connectivity index (χ0n) is 8.57. The quantitative estimate of drug-likeness (QED) is 0.876. The van der Waals surface area contributed by atoms with E-state index < -0.39 is 0 Å². The molecular weight excluding hydrogens is 274 g/mol. The first-order chi connectivity index (χ1) is 7.66. The lowest BCUT2D eigenvalue weighted by atomic mass is 10.4. The number of aromatic nitrogens is 4. The minimum atomic E-state index is -0.172. The van der Waals surface area contributed by atoms with Crippen molar-refractivity contribution in [1.29, 1.82) is 0 Å². The molecular formula is C9H10BrN5O. The van der Waals surface area contributed by atoms with Crippen LogP contribution < -0.4 is 5.32 Å². The van der Waals surface area contributed by atoms with E-state index in [4.69, 9.17) is 0 Å². The van der Waals surface area contributed by atoms with Crippen molar-refractivity contribution < 1.29 is 4.79 Å². The van der Waals surface area contributed by atoms with E-state index in [2.05, 4.69) is 36.4 Å². The molecule has 1 amide bonds. The van der Waals surface area contributed by atoms with Crippen molar-refractivity contribution in [2.75, 3.05) is 0 Å². The molecule has 2 heterocycles. The smallest absolute Gasteiger partial charge is 0.268 e. The number of carbonyl (C=O) groups is 1. The van der Waals surface area contributed by atoms with E-state index in [1.165, 1.54) is 0 Å². The lowest BCUT2D eigenvalue weighted by Crippen LogP contribution is -2.24. The molecule has 0 atom stereocenters. The van der Waals surface area contributed by atoms with E-state index in [-0.39, 0.29) is 5.91 Å². The van der Waals surface area contributed by atoms with Crippen molar-refractivity contribution >= 4 is 21.8 Å². The van der Waals surface area contributed by atoms with Crippen LogP contribution in [0.4, 0.5) is 0 Å². The molecule has 0 radical (unpaired) electrons. The molecule has 0 bridgehead atoms. The summed E-state index contributed by atoms with van der Waals surface area (Å²) in [7, 11) is 1.83. The van der Waals surface area contributed by atoms with Crippen molar-refractivity contribution in [3.8, 4) is 0 Å². The number of rotatable bonds is 3. The standard InChI is InChI=1S/C9H10BrN5O/c1-15-5-13-14-8(15)4-12-9(16)7-2-6(10)3-11-7/h2-3,5,11H,4H2,1H3,(H,12,16). The fraction of sp³-hybridized carbons (Fsp3) is 0.222. The fourth-order valence-electron chi connectivity index (χ4n) is 1.22. The highest BCUT2D eigenvalue weighted by Gasteiger charge is 2.08. The second-order valence-electron chi connectivity index (χ2n) is 3.27. The predicted octanol–water partition coefficient (Wildman–Crippen LogP) is 0.836. The summed E-state index contributed by atoms with van der Waals surface area (Å²) in [5, 5.41) is 10.3. The topological polar surface area (TPSA) is 75.6 Å². The molecule has 0 fully saturated rings. The molecule has 0 aliphatic carbocycles. The number of halogens is 1. The van der Waals surface area contributed by atoms with E-state index in [1.807, 2.05) is 7.05 Å². The van der Waals surface area contributed by atoms with Gasteiger partial charge in [0.2, 0.25) is 0 Å². The number of nitrogens with zero attached hydrogens (tertiary/aromatic N) is 3. The average Bonchev–Trinajstić information content (AvgIpc) is 2.84. The van der Waals surface area contributed by atoms with Gasteiger partial charge < -0.3 is 14.9 Å². The van der Waals surface area contributed by atoms with E-state index in [1.54, 1.807) is 23.2 Å². The van der Waals surface area contributed by atoms with Gasteiger partial charge in [-0.2, -0.15) is 0 Å². The van der Waals surface area contributed by atoms with E-state index in [0.29, 0.717) is 18.1 Å². The molecule has 7 heteroatoms. The maximum Gasteiger partial charge on any atom is 0.268 e. The van der Waals surface area contributed by atoms with Gasteiger partial charge in [0.25, 0.3) is 5.91 Å². The molecule has 2 aromatic rings. The third-order valence-electron chi connectivity index (χ3n) is 2.10. The van der Waals surface area contributed by atoms with Gasteiger partial charge in [-0.1, -0.05) is 0 Å². The summed E-state index contributed by atoms with van der Waals surface area (Å²) in [5.74, 6) is 0.535. The van der Waals surface area contributed by atoms with Gasteiger partial charge in [0.05, 0.1) is 6.54 Å². The molecule has 0 unspecified atom stereocenters.